The highest BCUT2D eigenvalue weighted by molar-refractivity contribution is 4.50. The summed E-state index contributed by atoms with van der Waals surface area (Å²) in [5, 5.41) is 0. The van der Waals surface area contributed by atoms with Crippen molar-refractivity contribution < 1.29 is 9.47 Å². The molecule has 0 heterocycles. The maximum atomic E-state index is 5.24. The van der Waals surface area contributed by atoms with Gasteiger partial charge in [0, 0.05) is 13.2 Å². The third-order valence-electron chi connectivity index (χ3n) is 1.20. The Labute approximate surface area is 69.9 Å². The highest BCUT2D eigenvalue weighted by Crippen LogP contribution is 1.87. The predicted molar refractivity (Wildman–Crippen MR) is 46.2 cm³/mol. The topological polar surface area (TPSA) is 18.5 Å². The zero-order valence-corrected chi connectivity index (χ0v) is 7.34. The SMILES string of the molecule is [CH2]CCCOCCOC[CH]C. The van der Waals surface area contributed by atoms with Crippen molar-refractivity contribution in [3.8, 4) is 0 Å². The maximum absolute atomic E-state index is 5.24. The minimum atomic E-state index is 0.696. The second-order valence-electron chi connectivity index (χ2n) is 2.30. The summed E-state index contributed by atoms with van der Waals surface area (Å²) in [7, 11) is 0. The first kappa shape index (κ1) is 10.9. The number of hydrogen-bond acceptors (Lipinski definition) is 2. The molecule has 0 aromatic carbocycles. The Bertz CT molecular complexity index is 56.6. The van der Waals surface area contributed by atoms with Crippen molar-refractivity contribution in [2.75, 3.05) is 26.4 Å². The Morgan fingerprint density at radius 3 is 2.55 bits per heavy atom. The summed E-state index contributed by atoms with van der Waals surface area (Å²) in [6, 6.07) is 0. The molecule has 0 aromatic heterocycles. The van der Waals surface area contributed by atoms with E-state index in [2.05, 4.69) is 6.92 Å². The lowest BCUT2D eigenvalue weighted by atomic mass is 10.4. The molecule has 0 spiro atoms. The Morgan fingerprint density at radius 1 is 1.18 bits per heavy atom. The fourth-order valence-corrected chi connectivity index (χ4v) is 0.625. The zero-order chi connectivity index (χ0) is 8.36. The third-order valence-corrected chi connectivity index (χ3v) is 1.20. The van der Waals surface area contributed by atoms with E-state index in [1.54, 1.807) is 0 Å². The summed E-state index contributed by atoms with van der Waals surface area (Å²) in [6.45, 7) is 8.62. The molecular weight excluding hydrogens is 140 g/mol. The van der Waals surface area contributed by atoms with E-state index >= 15 is 0 Å². The standard InChI is InChI=1S/C9H18O2/c1-3-5-7-11-9-8-10-6-4-2/h4H,1,3,5-9H2,2H3. The van der Waals surface area contributed by atoms with E-state index in [4.69, 9.17) is 9.47 Å². The van der Waals surface area contributed by atoms with Crippen LogP contribution in [0.1, 0.15) is 19.8 Å². The van der Waals surface area contributed by atoms with Crippen LogP contribution >= 0.6 is 0 Å². The highest BCUT2D eigenvalue weighted by Gasteiger charge is 1.87. The van der Waals surface area contributed by atoms with Gasteiger partial charge in [0.1, 0.15) is 0 Å². The maximum Gasteiger partial charge on any atom is 0.0700 e. The first-order valence-corrected chi connectivity index (χ1v) is 4.14. The minimum absolute atomic E-state index is 0.696. The lowest BCUT2D eigenvalue weighted by Gasteiger charge is -2.03. The summed E-state index contributed by atoms with van der Waals surface area (Å²) in [4.78, 5) is 0. The van der Waals surface area contributed by atoms with Gasteiger partial charge in [-0.1, -0.05) is 20.3 Å². The molecule has 0 aliphatic heterocycles. The molecule has 66 valence electrons. The van der Waals surface area contributed by atoms with Crippen molar-refractivity contribution in [2.24, 2.45) is 0 Å². The van der Waals surface area contributed by atoms with E-state index < -0.39 is 0 Å². The molecule has 2 heteroatoms. The van der Waals surface area contributed by atoms with E-state index in [9.17, 15) is 0 Å². The van der Waals surface area contributed by atoms with Crippen LogP contribution in [0, 0.1) is 13.3 Å². The van der Waals surface area contributed by atoms with Crippen molar-refractivity contribution in [3.05, 3.63) is 13.3 Å². The Hall–Kier alpha value is -0.0800. The fraction of sp³-hybridized carbons (Fsp3) is 0.778. The second kappa shape index (κ2) is 9.92. The first-order valence-electron chi connectivity index (χ1n) is 4.14. The number of ether oxygens (including phenoxy) is 2. The molecule has 0 amide bonds. The van der Waals surface area contributed by atoms with E-state index in [1.165, 1.54) is 0 Å². The average Bonchev–Trinajstić information content (AvgIpc) is 2.03. The lowest BCUT2D eigenvalue weighted by Crippen LogP contribution is -2.05. The van der Waals surface area contributed by atoms with Crippen LogP contribution in [0.4, 0.5) is 0 Å². The molecule has 0 fully saturated rings. The smallest absolute Gasteiger partial charge is 0.0700 e. The molecule has 0 saturated carbocycles. The van der Waals surface area contributed by atoms with Gasteiger partial charge >= 0.3 is 0 Å². The summed E-state index contributed by atoms with van der Waals surface area (Å²) >= 11 is 0. The van der Waals surface area contributed by atoms with Gasteiger partial charge in [-0.2, -0.15) is 0 Å². The Balaban J connectivity index is 2.69. The molecule has 2 radical (unpaired) electrons. The van der Waals surface area contributed by atoms with Gasteiger partial charge in [0.25, 0.3) is 0 Å². The third kappa shape index (κ3) is 9.92. The van der Waals surface area contributed by atoms with Crippen LogP contribution in [0.3, 0.4) is 0 Å². The molecule has 11 heavy (non-hydrogen) atoms. The molecule has 0 rings (SSSR count). The molecule has 0 atom stereocenters. The van der Waals surface area contributed by atoms with Gasteiger partial charge in [0.2, 0.25) is 0 Å². The summed E-state index contributed by atoms with van der Waals surface area (Å²) in [5.74, 6) is 0. The second-order valence-corrected chi connectivity index (χ2v) is 2.30. The van der Waals surface area contributed by atoms with Crippen LogP contribution in [-0.4, -0.2) is 26.4 Å². The van der Waals surface area contributed by atoms with Gasteiger partial charge in [-0.3, -0.25) is 0 Å². The molecule has 0 aliphatic rings. The van der Waals surface area contributed by atoms with Crippen LogP contribution in [0.25, 0.3) is 0 Å². The van der Waals surface area contributed by atoms with Gasteiger partial charge in [0.05, 0.1) is 13.2 Å². The van der Waals surface area contributed by atoms with Crippen LogP contribution in [0.5, 0.6) is 0 Å². The van der Waals surface area contributed by atoms with Gasteiger partial charge < -0.3 is 9.47 Å². The van der Waals surface area contributed by atoms with Crippen LogP contribution in [0.2, 0.25) is 0 Å². The number of unbranched alkanes of at least 4 members (excludes halogenated alkanes) is 1. The quantitative estimate of drug-likeness (QED) is 0.502. The van der Waals surface area contributed by atoms with Crippen LogP contribution < -0.4 is 0 Å². The van der Waals surface area contributed by atoms with Crippen molar-refractivity contribution in [3.63, 3.8) is 0 Å². The van der Waals surface area contributed by atoms with Crippen molar-refractivity contribution >= 4 is 0 Å². The molecule has 0 N–H and O–H groups in total. The molecule has 0 saturated heterocycles. The molecule has 2 nitrogen and oxygen atoms in total. The first-order chi connectivity index (χ1) is 5.41. The van der Waals surface area contributed by atoms with Gasteiger partial charge in [0.15, 0.2) is 0 Å². The van der Waals surface area contributed by atoms with Crippen molar-refractivity contribution in [1.82, 2.24) is 0 Å². The normalized spacial score (nSPS) is 10.4. The molecule has 0 bridgehead atoms. The van der Waals surface area contributed by atoms with Crippen LogP contribution in [0.15, 0.2) is 0 Å². The fourth-order valence-electron chi connectivity index (χ4n) is 0.625. The van der Waals surface area contributed by atoms with E-state index in [1.807, 2.05) is 13.3 Å². The van der Waals surface area contributed by atoms with Crippen molar-refractivity contribution in [2.45, 2.75) is 19.8 Å². The Morgan fingerprint density at radius 2 is 1.91 bits per heavy atom. The number of hydrogen-bond donors (Lipinski definition) is 0. The molecule has 0 unspecified atom stereocenters. The van der Waals surface area contributed by atoms with Gasteiger partial charge in [-0.15, -0.1) is 0 Å². The van der Waals surface area contributed by atoms with E-state index in [0.29, 0.717) is 13.2 Å². The van der Waals surface area contributed by atoms with Crippen LogP contribution in [-0.2, 0) is 9.47 Å². The van der Waals surface area contributed by atoms with E-state index in [-0.39, 0.29) is 0 Å². The predicted octanol–water partition coefficient (Wildman–Crippen LogP) is 1.86. The summed E-state index contributed by atoms with van der Waals surface area (Å²) in [6.07, 6.45) is 3.97. The summed E-state index contributed by atoms with van der Waals surface area (Å²) < 4.78 is 10.4. The largest absolute Gasteiger partial charge is 0.379 e. The van der Waals surface area contributed by atoms with E-state index in [0.717, 1.165) is 26.1 Å². The summed E-state index contributed by atoms with van der Waals surface area (Å²) in [5.41, 5.74) is 0. The van der Waals surface area contributed by atoms with Gasteiger partial charge in [-0.25, -0.2) is 0 Å². The highest BCUT2D eigenvalue weighted by atomic mass is 16.5. The Kier molecular flexibility index (Phi) is 9.85. The molecule has 0 aliphatic carbocycles. The molecule has 0 aromatic rings. The lowest BCUT2D eigenvalue weighted by molar-refractivity contribution is 0.0548. The molecular formula is C9H18O2. The minimum Gasteiger partial charge on any atom is -0.379 e. The average molecular weight is 158 g/mol. The monoisotopic (exact) mass is 158 g/mol. The van der Waals surface area contributed by atoms with Crippen molar-refractivity contribution in [1.29, 1.82) is 0 Å². The zero-order valence-electron chi connectivity index (χ0n) is 7.34. The number of rotatable bonds is 8. The van der Waals surface area contributed by atoms with Gasteiger partial charge in [-0.05, 0) is 12.8 Å².